The summed E-state index contributed by atoms with van der Waals surface area (Å²) in [4.78, 5) is 4.36. The third kappa shape index (κ3) is 3.91. The molecule has 19 heavy (non-hydrogen) atoms. The van der Waals surface area contributed by atoms with E-state index in [1.54, 1.807) is 6.20 Å². The van der Waals surface area contributed by atoms with Gasteiger partial charge in [0.2, 0.25) is 5.95 Å². The molecule has 0 aliphatic rings. The molecule has 0 atom stereocenters. The summed E-state index contributed by atoms with van der Waals surface area (Å²) >= 11 is 0. The van der Waals surface area contributed by atoms with Gasteiger partial charge < -0.3 is 10.6 Å². The van der Waals surface area contributed by atoms with E-state index in [0.29, 0.717) is 5.95 Å². The van der Waals surface area contributed by atoms with Crippen molar-refractivity contribution in [3.05, 3.63) is 41.6 Å². The van der Waals surface area contributed by atoms with Gasteiger partial charge in [-0.25, -0.2) is 0 Å². The highest BCUT2D eigenvalue weighted by Gasteiger charge is 2.01. The lowest BCUT2D eigenvalue weighted by Crippen LogP contribution is -2.09. The van der Waals surface area contributed by atoms with Gasteiger partial charge in [0.25, 0.3) is 0 Å². The number of nitrogens with zero attached hydrogens (tertiary/aromatic N) is 3. The smallest absolute Gasteiger partial charge is 0.244 e. The highest BCUT2D eigenvalue weighted by atomic mass is 15.3. The normalized spacial score (nSPS) is 10.2. The minimum atomic E-state index is 0.566. The molecule has 0 saturated heterocycles. The van der Waals surface area contributed by atoms with Gasteiger partial charge in [-0.3, -0.25) is 0 Å². The number of aryl methyl sites for hydroxylation is 1. The zero-order valence-corrected chi connectivity index (χ0v) is 11.3. The van der Waals surface area contributed by atoms with E-state index in [4.69, 9.17) is 0 Å². The van der Waals surface area contributed by atoms with Crippen LogP contribution in [0.3, 0.4) is 0 Å². The van der Waals surface area contributed by atoms with E-state index >= 15 is 0 Å². The molecule has 0 aliphatic heterocycles. The average Bonchev–Trinajstić information content (AvgIpc) is 2.45. The minimum absolute atomic E-state index is 0.566. The fourth-order valence-corrected chi connectivity index (χ4v) is 1.69. The largest absolute Gasteiger partial charge is 0.365 e. The van der Waals surface area contributed by atoms with Gasteiger partial charge in [-0.1, -0.05) is 31.2 Å². The van der Waals surface area contributed by atoms with Crippen LogP contribution in [0.2, 0.25) is 0 Å². The summed E-state index contributed by atoms with van der Waals surface area (Å²) in [5, 5.41) is 14.3. The molecule has 100 valence electrons. The number of hydrogen-bond donors (Lipinski definition) is 2. The number of hydrogen-bond acceptors (Lipinski definition) is 5. The van der Waals surface area contributed by atoms with Crippen molar-refractivity contribution in [1.29, 1.82) is 0 Å². The lowest BCUT2D eigenvalue weighted by molar-refractivity contribution is 0.907. The topological polar surface area (TPSA) is 62.7 Å². The van der Waals surface area contributed by atoms with E-state index in [0.717, 1.165) is 25.3 Å². The molecule has 0 bridgehead atoms. The van der Waals surface area contributed by atoms with E-state index in [1.807, 2.05) is 12.1 Å². The van der Waals surface area contributed by atoms with E-state index < -0.39 is 0 Å². The zero-order valence-electron chi connectivity index (χ0n) is 11.3. The Labute approximate surface area is 113 Å². The summed E-state index contributed by atoms with van der Waals surface area (Å²) in [5.41, 5.74) is 2.52. The standard InChI is InChI=1S/C14H19N5/c1-3-8-15-14-18-13(10-17-19-14)16-9-12-7-5-4-6-11(12)2/h4-7,10H,3,8-9H2,1-2H3,(H2,15,16,18,19). The van der Waals surface area contributed by atoms with Crippen molar-refractivity contribution in [3.63, 3.8) is 0 Å². The molecule has 5 heteroatoms. The van der Waals surface area contributed by atoms with Gasteiger partial charge in [0.05, 0.1) is 6.20 Å². The molecule has 0 spiro atoms. The molecule has 1 aromatic heterocycles. The summed E-state index contributed by atoms with van der Waals surface area (Å²) in [5.74, 6) is 1.30. The van der Waals surface area contributed by atoms with Crippen LogP contribution in [0.5, 0.6) is 0 Å². The Kier molecular flexibility index (Phi) is 4.66. The molecule has 2 rings (SSSR count). The summed E-state index contributed by atoms with van der Waals surface area (Å²) in [6.45, 7) is 5.78. The predicted molar refractivity (Wildman–Crippen MR) is 77.1 cm³/mol. The average molecular weight is 257 g/mol. The summed E-state index contributed by atoms with van der Waals surface area (Å²) in [6, 6.07) is 8.28. The molecule has 0 unspecified atom stereocenters. The van der Waals surface area contributed by atoms with E-state index in [1.165, 1.54) is 11.1 Å². The fraction of sp³-hybridized carbons (Fsp3) is 0.357. The Balaban J connectivity index is 1.98. The predicted octanol–water partition coefficient (Wildman–Crippen LogP) is 2.61. The third-order valence-electron chi connectivity index (χ3n) is 2.81. The molecule has 5 nitrogen and oxygen atoms in total. The number of nitrogens with one attached hydrogen (secondary N) is 2. The van der Waals surface area contributed by atoms with E-state index in [2.05, 4.69) is 51.8 Å². The summed E-state index contributed by atoms with van der Waals surface area (Å²) < 4.78 is 0. The first-order valence-electron chi connectivity index (χ1n) is 6.51. The van der Waals surface area contributed by atoms with Crippen molar-refractivity contribution in [1.82, 2.24) is 15.2 Å². The van der Waals surface area contributed by atoms with Crippen LogP contribution in [0.4, 0.5) is 11.8 Å². The summed E-state index contributed by atoms with van der Waals surface area (Å²) in [7, 11) is 0. The molecule has 1 heterocycles. The van der Waals surface area contributed by atoms with Crippen molar-refractivity contribution >= 4 is 11.8 Å². The van der Waals surface area contributed by atoms with Gasteiger partial charge in [-0.15, -0.1) is 5.10 Å². The van der Waals surface area contributed by atoms with Crippen LogP contribution in [0.1, 0.15) is 24.5 Å². The van der Waals surface area contributed by atoms with E-state index in [-0.39, 0.29) is 0 Å². The maximum Gasteiger partial charge on any atom is 0.244 e. The first-order valence-corrected chi connectivity index (χ1v) is 6.51. The second kappa shape index (κ2) is 6.68. The van der Waals surface area contributed by atoms with Crippen LogP contribution in [0.25, 0.3) is 0 Å². The quantitative estimate of drug-likeness (QED) is 0.833. The maximum atomic E-state index is 4.36. The fourth-order valence-electron chi connectivity index (χ4n) is 1.69. The number of benzene rings is 1. The third-order valence-corrected chi connectivity index (χ3v) is 2.81. The van der Waals surface area contributed by atoms with Crippen LogP contribution in [-0.2, 0) is 6.54 Å². The maximum absolute atomic E-state index is 4.36. The van der Waals surface area contributed by atoms with Crippen molar-refractivity contribution in [3.8, 4) is 0 Å². The second-order valence-electron chi connectivity index (χ2n) is 4.37. The Hall–Kier alpha value is -2.17. The molecule has 2 aromatic rings. The molecule has 2 N–H and O–H groups in total. The molecule has 0 fully saturated rings. The van der Waals surface area contributed by atoms with Crippen molar-refractivity contribution < 1.29 is 0 Å². The van der Waals surface area contributed by atoms with Gasteiger partial charge in [-0.2, -0.15) is 10.1 Å². The second-order valence-corrected chi connectivity index (χ2v) is 4.37. The van der Waals surface area contributed by atoms with Crippen LogP contribution < -0.4 is 10.6 Å². The Morgan fingerprint density at radius 3 is 2.79 bits per heavy atom. The molecule has 0 aliphatic carbocycles. The Morgan fingerprint density at radius 1 is 1.16 bits per heavy atom. The minimum Gasteiger partial charge on any atom is -0.365 e. The van der Waals surface area contributed by atoms with Gasteiger partial charge in [0.1, 0.15) is 0 Å². The highest BCUT2D eigenvalue weighted by Crippen LogP contribution is 2.10. The van der Waals surface area contributed by atoms with Crippen molar-refractivity contribution in [2.75, 3.05) is 17.2 Å². The molecule has 1 aromatic carbocycles. The number of rotatable bonds is 6. The first kappa shape index (κ1) is 13.3. The van der Waals surface area contributed by atoms with Crippen molar-refractivity contribution in [2.45, 2.75) is 26.8 Å². The van der Waals surface area contributed by atoms with Gasteiger partial charge >= 0.3 is 0 Å². The van der Waals surface area contributed by atoms with Crippen molar-refractivity contribution in [2.24, 2.45) is 0 Å². The molecular weight excluding hydrogens is 238 g/mol. The van der Waals surface area contributed by atoms with Crippen LogP contribution >= 0.6 is 0 Å². The number of aromatic nitrogens is 3. The number of anilines is 2. The monoisotopic (exact) mass is 257 g/mol. The van der Waals surface area contributed by atoms with Crippen LogP contribution in [-0.4, -0.2) is 21.7 Å². The molecule has 0 radical (unpaired) electrons. The molecular formula is C14H19N5. The lowest BCUT2D eigenvalue weighted by atomic mass is 10.1. The zero-order chi connectivity index (χ0) is 13.5. The Morgan fingerprint density at radius 2 is 2.00 bits per heavy atom. The van der Waals surface area contributed by atoms with Gasteiger partial charge in [0, 0.05) is 13.1 Å². The Bertz CT molecular complexity index is 527. The molecule has 0 saturated carbocycles. The highest BCUT2D eigenvalue weighted by molar-refractivity contribution is 5.38. The van der Waals surface area contributed by atoms with E-state index in [9.17, 15) is 0 Å². The van der Waals surface area contributed by atoms with Gasteiger partial charge in [-0.05, 0) is 24.5 Å². The summed E-state index contributed by atoms with van der Waals surface area (Å²) in [6.07, 6.45) is 2.67. The lowest BCUT2D eigenvalue weighted by Gasteiger charge is -2.08. The first-order chi connectivity index (χ1) is 9.29. The molecule has 0 amide bonds. The van der Waals surface area contributed by atoms with Crippen LogP contribution in [0.15, 0.2) is 30.5 Å². The van der Waals surface area contributed by atoms with Gasteiger partial charge in [0.15, 0.2) is 5.82 Å². The SMILES string of the molecule is CCCNc1nncc(NCc2ccccc2C)n1. The van der Waals surface area contributed by atoms with Crippen LogP contribution in [0, 0.1) is 6.92 Å².